The Morgan fingerprint density at radius 3 is 2.56 bits per heavy atom. The molecule has 1 amide bonds. The Morgan fingerprint density at radius 1 is 1.10 bits per heavy atom. The Bertz CT molecular complexity index is 1690. The number of hydrogen-bond donors (Lipinski definition) is 1. The number of nitrogens with zero attached hydrogens (tertiary/aromatic N) is 7. The van der Waals surface area contributed by atoms with Gasteiger partial charge in [0.25, 0.3) is 11.7 Å². The van der Waals surface area contributed by atoms with Crippen LogP contribution in [0.5, 0.6) is 5.75 Å². The molecule has 1 saturated heterocycles. The minimum Gasteiger partial charge on any atom is -0.494 e. The summed E-state index contributed by atoms with van der Waals surface area (Å²) < 4.78 is 12.5. The Labute approximate surface area is 222 Å². The number of piperidine rings is 1. The Morgan fingerprint density at radius 2 is 1.90 bits per heavy atom. The molecular weight excluding hydrogens is 500 g/mol. The topological polar surface area (TPSA) is 145 Å². The molecule has 4 aromatic heterocycles. The lowest BCUT2D eigenvalue weighted by atomic mass is 9.92. The van der Waals surface area contributed by atoms with E-state index in [1.54, 1.807) is 11.8 Å². The molecule has 1 aliphatic rings. The second-order valence-electron chi connectivity index (χ2n) is 9.05. The van der Waals surface area contributed by atoms with Gasteiger partial charge in [0.2, 0.25) is 12.3 Å². The van der Waals surface area contributed by atoms with E-state index in [0.717, 1.165) is 16.7 Å². The van der Waals surface area contributed by atoms with Crippen molar-refractivity contribution >= 4 is 28.2 Å². The number of amides is 1. The number of carbonyl (C=O) groups is 2. The van der Waals surface area contributed by atoms with Crippen molar-refractivity contribution in [1.82, 2.24) is 39.8 Å². The average Bonchev–Trinajstić information content (AvgIpc) is 3.75. The molecule has 0 unspecified atom stereocenters. The molecule has 6 rings (SSSR count). The van der Waals surface area contributed by atoms with Gasteiger partial charge in [-0.05, 0) is 25.3 Å². The molecule has 1 fully saturated rings. The molecule has 0 spiro atoms. The number of aromatic amines is 1. The minimum absolute atomic E-state index is 0.213. The molecule has 39 heavy (non-hydrogen) atoms. The van der Waals surface area contributed by atoms with Crippen LogP contribution in [0.15, 0.2) is 65.4 Å². The molecule has 12 heteroatoms. The highest BCUT2D eigenvalue weighted by molar-refractivity contribution is 6.45. The summed E-state index contributed by atoms with van der Waals surface area (Å²) in [7, 11) is 1.49. The monoisotopic (exact) mass is 524 g/mol. The molecule has 1 aliphatic heterocycles. The molecule has 0 radical (unpaired) electrons. The molecule has 0 aliphatic carbocycles. The number of pyridine rings is 1. The summed E-state index contributed by atoms with van der Waals surface area (Å²) in [6.45, 7) is 2.54. The van der Waals surface area contributed by atoms with E-state index in [-0.39, 0.29) is 5.56 Å². The number of benzene rings is 1. The highest BCUT2D eigenvalue weighted by Crippen LogP contribution is 2.33. The number of fused-ring (bicyclic) bond motifs is 1. The number of carbonyl (C=O) groups excluding carboxylic acids is 2. The van der Waals surface area contributed by atoms with Crippen molar-refractivity contribution in [2.45, 2.75) is 19.8 Å². The largest absolute Gasteiger partial charge is 0.494 e. The second-order valence-corrected chi connectivity index (χ2v) is 9.05. The van der Waals surface area contributed by atoms with Crippen LogP contribution in [0.4, 0.5) is 0 Å². The molecule has 1 aromatic carbocycles. The summed E-state index contributed by atoms with van der Waals surface area (Å²) >= 11 is 0. The predicted octanol–water partition coefficient (Wildman–Crippen LogP) is 3.15. The van der Waals surface area contributed by atoms with Crippen LogP contribution in [-0.4, -0.2) is 71.7 Å². The maximum Gasteiger partial charge on any atom is 0.295 e. The molecule has 1 N–H and O–H groups in total. The van der Waals surface area contributed by atoms with E-state index < -0.39 is 11.7 Å². The molecule has 0 bridgehead atoms. The predicted molar refractivity (Wildman–Crippen MR) is 139 cm³/mol. The number of aryl methyl sites for hydroxylation is 1. The number of H-pyrrole nitrogens is 1. The van der Waals surface area contributed by atoms with Crippen LogP contribution in [0.2, 0.25) is 0 Å². The highest BCUT2D eigenvalue weighted by atomic mass is 16.5. The van der Waals surface area contributed by atoms with Gasteiger partial charge >= 0.3 is 0 Å². The van der Waals surface area contributed by atoms with Crippen molar-refractivity contribution in [2.24, 2.45) is 0 Å². The summed E-state index contributed by atoms with van der Waals surface area (Å²) in [4.78, 5) is 40.1. The average molecular weight is 525 g/mol. The summed E-state index contributed by atoms with van der Waals surface area (Å²) in [6, 6.07) is 9.82. The lowest BCUT2D eigenvalue weighted by Gasteiger charge is -2.29. The zero-order valence-electron chi connectivity index (χ0n) is 21.3. The van der Waals surface area contributed by atoms with Crippen LogP contribution >= 0.6 is 0 Å². The smallest absolute Gasteiger partial charge is 0.295 e. The van der Waals surface area contributed by atoms with Crippen LogP contribution in [0, 0.1) is 6.92 Å². The van der Waals surface area contributed by atoms with Gasteiger partial charge < -0.3 is 19.0 Å². The number of nitrogens with one attached hydrogen (secondary N) is 1. The van der Waals surface area contributed by atoms with Crippen molar-refractivity contribution in [3.63, 3.8) is 0 Å². The van der Waals surface area contributed by atoms with E-state index >= 15 is 0 Å². The van der Waals surface area contributed by atoms with Gasteiger partial charge in [-0.25, -0.2) is 14.6 Å². The van der Waals surface area contributed by atoms with Gasteiger partial charge in [-0.3, -0.25) is 9.59 Å². The molecule has 0 atom stereocenters. The summed E-state index contributed by atoms with van der Waals surface area (Å²) in [5.41, 5.74) is 3.66. The quantitative estimate of drug-likeness (QED) is 0.261. The van der Waals surface area contributed by atoms with Crippen LogP contribution in [0.1, 0.15) is 40.5 Å². The number of likely N-dealkylation sites (tertiary alicyclic amines) is 1. The van der Waals surface area contributed by atoms with Crippen molar-refractivity contribution in [2.75, 3.05) is 20.2 Å². The number of aromatic nitrogens is 7. The van der Waals surface area contributed by atoms with Gasteiger partial charge in [-0.2, -0.15) is 5.10 Å². The summed E-state index contributed by atoms with van der Waals surface area (Å²) in [5, 5.41) is 12.7. The number of hydrogen-bond acceptors (Lipinski definition) is 9. The fourth-order valence-corrected chi connectivity index (χ4v) is 4.91. The second kappa shape index (κ2) is 9.97. The van der Waals surface area contributed by atoms with E-state index in [0.29, 0.717) is 60.1 Å². The van der Waals surface area contributed by atoms with Crippen molar-refractivity contribution in [1.29, 1.82) is 0 Å². The van der Waals surface area contributed by atoms with Crippen LogP contribution in [0.3, 0.4) is 0 Å². The van der Waals surface area contributed by atoms with Gasteiger partial charge in [0.1, 0.15) is 17.9 Å². The van der Waals surface area contributed by atoms with Crippen molar-refractivity contribution in [3.8, 4) is 11.6 Å². The number of Topliss-reactive ketones (excluding diaryl/α,β-unsaturated/α-hetero) is 1. The minimum atomic E-state index is -0.626. The summed E-state index contributed by atoms with van der Waals surface area (Å²) in [5.74, 6) is 0.626. The lowest BCUT2D eigenvalue weighted by Crippen LogP contribution is -2.40. The SMILES string of the molecule is COc1cnc(-n2cnc(C)n2)c2[nH]cc(C(=O)C(=O)N3CCC(=C(c4ccccc4)c4nnco4)CC3)c12. The third-order valence-electron chi connectivity index (χ3n) is 6.78. The number of ether oxygens (including phenoxy) is 1. The fourth-order valence-electron chi connectivity index (χ4n) is 4.91. The van der Waals surface area contributed by atoms with Crippen LogP contribution < -0.4 is 4.74 Å². The van der Waals surface area contributed by atoms with E-state index in [4.69, 9.17) is 9.15 Å². The van der Waals surface area contributed by atoms with Crippen LogP contribution in [-0.2, 0) is 4.79 Å². The first-order chi connectivity index (χ1) is 19.0. The van der Waals surface area contributed by atoms with E-state index in [1.807, 2.05) is 30.3 Å². The molecule has 0 saturated carbocycles. The Kier molecular flexibility index (Phi) is 6.19. The maximum absolute atomic E-state index is 13.5. The molecule has 5 heterocycles. The van der Waals surface area contributed by atoms with E-state index in [9.17, 15) is 9.59 Å². The maximum atomic E-state index is 13.5. The van der Waals surface area contributed by atoms with Gasteiger partial charge in [-0.1, -0.05) is 35.9 Å². The van der Waals surface area contributed by atoms with Crippen molar-refractivity contribution in [3.05, 3.63) is 83.9 Å². The first kappa shape index (κ1) is 24.2. The van der Waals surface area contributed by atoms with E-state index in [1.165, 1.54) is 36.9 Å². The first-order valence-electron chi connectivity index (χ1n) is 12.4. The third-order valence-corrected chi connectivity index (χ3v) is 6.78. The standard InChI is InChI=1S/C27H24N8O4/c1-16-30-14-35(33-16)25-23-22(20(38-2)13-29-25)19(12-28-23)24(36)27(37)34-10-8-18(9-11-34)21(26-32-31-15-39-26)17-6-4-3-5-7-17/h3-7,12-15,28H,8-11H2,1-2H3. The van der Waals surface area contributed by atoms with Crippen LogP contribution in [0.25, 0.3) is 22.3 Å². The molecular formula is C27H24N8O4. The fraction of sp³-hybridized carbons (Fsp3) is 0.222. The van der Waals surface area contributed by atoms with Crippen molar-refractivity contribution < 1.29 is 18.7 Å². The highest BCUT2D eigenvalue weighted by Gasteiger charge is 2.31. The molecule has 12 nitrogen and oxygen atoms in total. The first-order valence-corrected chi connectivity index (χ1v) is 12.4. The zero-order chi connectivity index (χ0) is 26.9. The van der Waals surface area contributed by atoms with Gasteiger partial charge in [0.15, 0.2) is 5.82 Å². The third kappa shape index (κ3) is 4.35. The number of methoxy groups -OCH3 is 1. The lowest BCUT2D eigenvalue weighted by molar-refractivity contribution is -0.126. The molecule has 5 aromatic rings. The molecule has 196 valence electrons. The Balaban J connectivity index is 1.28. The Hall–Kier alpha value is -5.13. The zero-order valence-corrected chi connectivity index (χ0v) is 21.3. The number of ketones is 1. The van der Waals surface area contributed by atoms with E-state index in [2.05, 4.69) is 30.2 Å². The number of rotatable bonds is 6. The van der Waals surface area contributed by atoms with Gasteiger partial charge in [0, 0.05) is 24.9 Å². The van der Waals surface area contributed by atoms with Gasteiger partial charge in [-0.15, -0.1) is 10.2 Å². The normalized spacial score (nSPS) is 13.6. The van der Waals surface area contributed by atoms with Gasteiger partial charge in [0.05, 0.1) is 29.8 Å². The summed E-state index contributed by atoms with van der Waals surface area (Å²) in [6.07, 6.45) is 7.00.